The van der Waals surface area contributed by atoms with Gasteiger partial charge in [0.1, 0.15) is 11.6 Å². The molecule has 0 spiro atoms. The Morgan fingerprint density at radius 3 is 2.44 bits per heavy atom. The molecule has 0 saturated heterocycles. The van der Waals surface area contributed by atoms with Gasteiger partial charge in [0.05, 0.1) is 11.6 Å². The van der Waals surface area contributed by atoms with E-state index in [1.54, 1.807) is 6.07 Å². The Labute approximate surface area is 106 Å². The van der Waals surface area contributed by atoms with Crippen LogP contribution < -0.4 is 5.32 Å². The van der Waals surface area contributed by atoms with Crippen LogP contribution in [0.4, 0.5) is 8.78 Å². The van der Waals surface area contributed by atoms with Crippen molar-refractivity contribution in [1.82, 2.24) is 5.32 Å². The second kappa shape index (κ2) is 6.74. The molecule has 1 N–H and O–H groups in total. The second-order valence-corrected chi connectivity index (χ2v) is 3.92. The normalized spacial score (nSPS) is 11.6. The van der Waals surface area contributed by atoms with Gasteiger partial charge in [-0.25, -0.2) is 8.78 Å². The van der Waals surface area contributed by atoms with Gasteiger partial charge in [0.25, 0.3) is 0 Å². The zero-order chi connectivity index (χ0) is 13.5. The molecule has 0 bridgehead atoms. The molecule has 0 heterocycles. The highest BCUT2D eigenvalue weighted by Gasteiger charge is 2.12. The van der Waals surface area contributed by atoms with Crippen molar-refractivity contribution < 1.29 is 8.78 Å². The van der Waals surface area contributed by atoms with E-state index in [2.05, 4.69) is 11.2 Å². The van der Waals surface area contributed by atoms with Crippen LogP contribution in [0.1, 0.15) is 30.9 Å². The third kappa shape index (κ3) is 3.55. The highest BCUT2D eigenvalue weighted by atomic mass is 19.1. The Morgan fingerprint density at radius 1 is 1.39 bits per heavy atom. The van der Waals surface area contributed by atoms with Crippen LogP contribution in [0.3, 0.4) is 0 Å². The minimum Gasteiger partial charge on any atom is -0.309 e. The van der Waals surface area contributed by atoms with Crippen LogP contribution in [-0.2, 0) is 6.54 Å². The molecule has 0 radical (unpaired) electrons. The number of nitrogens with one attached hydrogen (secondary N) is 1. The number of benzene rings is 1. The molecule has 0 amide bonds. The summed E-state index contributed by atoms with van der Waals surface area (Å²) in [4.78, 5) is 0. The first-order valence-corrected chi connectivity index (χ1v) is 5.67. The Morgan fingerprint density at radius 2 is 2.00 bits per heavy atom. The van der Waals surface area contributed by atoms with Crippen molar-refractivity contribution in [2.24, 2.45) is 0 Å². The Kier molecular flexibility index (Phi) is 5.30. The monoisotopic (exact) mass is 248 g/mol. The van der Waals surface area contributed by atoms with Crippen molar-refractivity contribution in [1.29, 1.82) is 5.26 Å². The highest BCUT2D eigenvalue weighted by molar-refractivity contribution is 5.34. The number of hydrogen-bond acceptors (Lipinski definition) is 2. The quantitative estimate of drug-likeness (QED) is 0.813. The molecule has 0 fully saturated rings. The van der Waals surface area contributed by atoms with Crippen molar-refractivity contribution in [3.63, 3.8) is 0 Å². The lowest BCUT2D eigenvalue weighted by atomic mass is 10.1. The van der Waals surface area contributed by atoms with Crippen LogP contribution in [-0.4, -0.2) is 6.04 Å². The molecule has 0 aliphatic rings. The van der Waals surface area contributed by atoms with Gasteiger partial charge in [0, 0.05) is 24.6 Å². The lowest BCUT2D eigenvalue weighted by molar-refractivity contribution is 0.476. The van der Waals surface area contributed by atoms with E-state index in [0.717, 1.165) is 18.6 Å². The van der Waals surface area contributed by atoms with E-state index in [9.17, 15) is 8.78 Å². The molecule has 18 heavy (non-hydrogen) atoms. The average Bonchev–Trinajstić information content (AvgIpc) is 2.36. The Balaban J connectivity index is 2.80. The van der Waals surface area contributed by atoms with E-state index in [4.69, 9.17) is 11.7 Å². The molecule has 0 saturated carbocycles. The molecule has 1 aromatic rings. The van der Waals surface area contributed by atoms with Crippen LogP contribution in [0, 0.1) is 35.3 Å². The lowest BCUT2D eigenvalue weighted by Gasteiger charge is -2.15. The SMILES string of the molecule is C#CCC(CC)NCc1c(F)cc(C#N)cc1F. The summed E-state index contributed by atoms with van der Waals surface area (Å²) in [5.41, 5.74) is -0.0890. The number of hydrogen-bond donors (Lipinski definition) is 1. The molecular formula is C14H14F2N2. The maximum Gasteiger partial charge on any atom is 0.131 e. The van der Waals surface area contributed by atoms with Gasteiger partial charge in [-0.1, -0.05) is 6.92 Å². The largest absolute Gasteiger partial charge is 0.309 e. The molecule has 1 atom stereocenters. The van der Waals surface area contributed by atoms with E-state index in [-0.39, 0.29) is 23.7 Å². The van der Waals surface area contributed by atoms with E-state index in [1.165, 1.54) is 0 Å². The highest BCUT2D eigenvalue weighted by Crippen LogP contribution is 2.15. The summed E-state index contributed by atoms with van der Waals surface area (Å²) in [5, 5.41) is 11.6. The molecular weight excluding hydrogens is 234 g/mol. The average molecular weight is 248 g/mol. The third-order valence-electron chi connectivity index (χ3n) is 2.69. The summed E-state index contributed by atoms with van der Waals surface area (Å²) in [7, 11) is 0. The summed E-state index contributed by atoms with van der Waals surface area (Å²) in [6.45, 7) is 2.00. The van der Waals surface area contributed by atoms with Gasteiger partial charge >= 0.3 is 0 Å². The maximum atomic E-state index is 13.6. The van der Waals surface area contributed by atoms with Gasteiger partial charge in [-0.3, -0.25) is 0 Å². The number of terminal acetylenes is 1. The summed E-state index contributed by atoms with van der Waals surface area (Å²) in [5.74, 6) is 1.08. The van der Waals surface area contributed by atoms with Gasteiger partial charge in [0.15, 0.2) is 0 Å². The maximum absolute atomic E-state index is 13.6. The van der Waals surface area contributed by atoms with Crippen molar-refractivity contribution in [2.75, 3.05) is 0 Å². The first-order chi connectivity index (χ1) is 8.62. The standard InChI is InChI=1S/C14H14F2N2/c1-3-5-11(4-2)18-9-12-13(15)6-10(8-17)7-14(12)16/h1,6-7,11,18H,4-5,9H2,2H3. The summed E-state index contributed by atoms with van der Waals surface area (Å²) >= 11 is 0. The molecule has 94 valence electrons. The van der Waals surface area contributed by atoms with Crippen molar-refractivity contribution in [3.05, 3.63) is 34.9 Å². The van der Waals surface area contributed by atoms with Gasteiger partial charge in [-0.05, 0) is 18.6 Å². The van der Waals surface area contributed by atoms with Crippen LogP contribution in [0.2, 0.25) is 0 Å². The smallest absolute Gasteiger partial charge is 0.131 e. The first kappa shape index (κ1) is 14.2. The number of nitriles is 1. The van der Waals surface area contributed by atoms with Crippen molar-refractivity contribution in [2.45, 2.75) is 32.4 Å². The zero-order valence-corrected chi connectivity index (χ0v) is 10.1. The topological polar surface area (TPSA) is 35.8 Å². The predicted molar refractivity (Wildman–Crippen MR) is 65.4 cm³/mol. The molecule has 2 nitrogen and oxygen atoms in total. The third-order valence-corrected chi connectivity index (χ3v) is 2.69. The molecule has 1 rings (SSSR count). The van der Waals surface area contributed by atoms with E-state index in [0.29, 0.717) is 6.42 Å². The number of nitrogens with zero attached hydrogens (tertiary/aromatic N) is 1. The van der Waals surface area contributed by atoms with E-state index in [1.807, 2.05) is 6.92 Å². The number of halogens is 2. The molecule has 0 aliphatic heterocycles. The van der Waals surface area contributed by atoms with Crippen LogP contribution in [0.25, 0.3) is 0 Å². The minimum absolute atomic E-state index is 0.0237. The fraction of sp³-hybridized carbons (Fsp3) is 0.357. The molecule has 1 aromatic carbocycles. The van der Waals surface area contributed by atoms with Gasteiger partial charge in [-0.2, -0.15) is 5.26 Å². The fourth-order valence-electron chi connectivity index (χ4n) is 1.59. The predicted octanol–water partition coefficient (Wildman–Crippen LogP) is 2.73. The number of rotatable bonds is 5. The lowest BCUT2D eigenvalue weighted by Crippen LogP contribution is -2.28. The molecule has 4 heteroatoms. The van der Waals surface area contributed by atoms with E-state index < -0.39 is 11.6 Å². The van der Waals surface area contributed by atoms with Crippen molar-refractivity contribution in [3.8, 4) is 18.4 Å². The van der Waals surface area contributed by atoms with Crippen LogP contribution in [0.5, 0.6) is 0 Å². The molecule has 0 aromatic heterocycles. The summed E-state index contributed by atoms with van der Waals surface area (Å²) in [6, 6.07) is 3.80. The second-order valence-electron chi connectivity index (χ2n) is 3.92. The first-order valence-electron chi connectivity index (χ1n) is 5.67. The van der Waals surface area contributed by atoms with E-state index >= 15 is 0 Å². The minimum atomic E-state index is -0.713. The fourth-order valence-corrected chi connectivity index (χ4v) is 1.59. The molecule has 1 unspecified atom stereocenters. The molecule has 0 aliphatic carbocycles. The van der Waals surface area contributed by atoms with Crippen molar-refractivity contribution >= 4 is 0 Å². The zero-order valence-electron chi connectivity index (χ0n) is 10.1. The van der Waals surface area contributed by atoms with Gasteiger partial charge in [0.2, 0.25) is 0 Å². The van der Waals surface area contributed by atoms with Gasteiger partial charge in [-0.15, -0.1) is 12.3 Å². The van der Waals surface area contributed by atoms with Crippen LogP contribution >= 0.6 is 0 Å². The Hall–Kier alpha value is -1.91. The van der Waals surface area contributed by atoms with Crippen LogP contribution in [0.15, 0.2) is 12.1 Å². The summed E-state index contributed by atoms with van der Waals surface area (Å²) < 4.78 is 27.1. The summed E-state index contributed by atoms with van der Waals surface area (Å²) in [6.07, 6.45) is 6.49. The van der Waals surface area contributed by atoms with Gasteiger partial charge < -0.3 is 5.32 Å². The Bertz CT molecular complexity index is 474.